The molecule has 1 saturated heterocycles. The van der Waals surface area contributed by atoms with Crippen LogP contribution in [0.3, 0.4) is 0 Å². The van der Waals surface area contributed by atoms with E-state index in [0.29, 0.717) is 26.3 Å². The number of rotatable bonds is 2. The molecule has 0 unspecified atom stereocenters. The molecule has 1 aromatic rings. The predicted octanol–water partition coefficient (Wildman–Crippen LogP) is 0.889. The second-order valence-corrected chi connectivity index (χ2v) is 3.95. The molecule has 2 rings (SSSR count). The maximum Gasteiger partial charge on any atom is 0.257 e. The SMILES string of the molecule is COc1c(N)ccc(C(=O)N2CCOCC2)c1F. The molecular weight excluding hydrogens is 239 g/mol. The molecule has 0 saturated carbocycles. The summed E-state index contributed by atoms with van der Waals surface area (Å²) in [6.07, 6.45) is 0. The van der Waals surface area contributed by atoms with Gasteiger partial charge in [0, 0.05) is 13.1 Å². The number of nitrogen functional groups attached to an aromatic ring is 1. The molecule has 0 spiro atoms. The highest BCUT2D eigenvalue weighted by atomic mass is 19.1. The van der Waals surface area contributed by atoms with Crippen molar-refractivity contribution in [3.8, 4) is 5.75 Å². The van der Waals surface area contributed by atoms with E-state index >= 15 is 0 Å². The van der Waals surface area contributed by atoms with E-state index in [1.54, 1.807) is 4.90 Å². The third-order valence-corrected chi connectivity index (χ3v) is 2.86. The number of halogens is 1. The van der Waals surface area contributed by atoms with Gasteiger partial charge < -0.3 is 20.1 Å². The Labute approximate surface area is 104 Å². The Balaban J connectivity index is 2.30. The van der Waals surface area contributed by atoms with E-state index in [-0.39, 0.29) is 22.9 Å². The fraction of sp³-hybridized carbons (Fsp3) is 0.417. The third-order valence-electron chi connectivity index (χ3n) is 2.86. The number of benzene rings is 1. The van der Waals surface area contributed by atoms with Crippen molar-refractivity contribution >= 4 is 11.6 Å². The number of carbonyl (C=O) groups excluding carboxylic acids is 1. The monoisotopic (exact) mass is 254 g/mol. The zero-order chi connectivity index (χ0) is 13.1. The minimum absolute atomic E-state index is 0.0250. The number of methoxy groups -OCH3 is 1. The zero-order valence-electron chi connectivity index (χ0n) is 10.1. The molecule has 1 heterocycles. The van der Waals surface area contributed by atoms with Crippen LogP contribution in [-0.2, 0) is 4.74 Å². The van der Waals surface area contributed by atoms with E-state index in [1.165, 1.54) is 19.2 Å². The molecule has 1 aliphatic heterocycles. The molecule has 98 valence electrons. The lowest BCUT2D eigenvalue weighted by Gasteiger charge is -2.27. The standard InChI is InChI=1S/C12H15FN2O3/c1-17-11-9(14)3-2-8(10(11)13)12(16)15-4-6-18-7-5-15/h2-3H,4-7,14H2,1H3. The number of anilines is 1. The van der Waals surface area contributed by atoms with Crippen LogP contribution in [-0.4, -0.2) is 44.2 Å². The summed E-state index contributed by atoms with van der Waals surface area (Å²) in [4.78, 5) is 13.7. The van der Waals surface area contributed by atoms with Crippen molar-refractivity contribution in [3.63, 3.8) is 0 Å². The molecular formula is C12H15FN2O3. The van der Waals surface area contributed by atoms with Gasteiger partial charge in [-0.05, 0) is 12.1 Å². The molecule has 0 aromatic heterocycles. The summed E-state index contributed by atoms with van der Waals surface area (Å²) in [6.45, 7) is 1.87. The summed E-state index contributed by atoms with van der Waals surface area (Å²) in [7, 11) is 1.32. The number of nitrogens with two attached hydrogens (primary N) is 1. The highest BCUT2D eigenvalue weighted by Gasteiger charge is 2.24. The molecule has 0 bridgehead atoms. The Bertz CT molecular complexity index is 459. The third kappa shape index (κ3) is 2.24. The van der Waals surface area contributed by atoms with E-state index in [1.807, 2.05) is 0 Å². The van der Waals surface area contributed by atoms with Crippen LogP contribution in [0.1, 0.15) is 10.4 Å². The highest BCUT2D eigenvalue weighted by Crippen LogP contribution is 2.28. The van der Waals surface area contributed by atoms with Crippen molar-refractivity contribution in [2.45, 2.75) is 0 Å². The van der Waals surface area contributed by atoms with Gasteiger partial charge in [-0.25, -0.2) is 4.39 Å². The Morgan fingerprint density at radius 1 is 1.44 bits per heavy atom. The molecule has 18 heavy (non-hydrogen) atoms. The maximum absolute atomic E-state index is 14.1. The summed E-state index contributed by atoms with van der Waals surface area (Å²) in [5.41, 5.74) is 5.72. The number of hydrogen-bond acceptors (Lipinski definition) is 4. The number of ether oxygens (including phenoxy) is 2. The Kier molecular flexibility index (Phi) is 3.66. The molecule has 6 heteroatoms. The van der Waals surface area contributed by atoms with Crippen LogP contribution in [0.2, 0.25) is 0 Å². The summed E-state index contributed by atoms with van der Waals surface area (Å²) in [5, 5.41) is 0. The van der Waals surface area contributed by atoms with Crippen molar-refractivity contribution in [1.29, 1.82) is 0 Å². The van der Waals surface area contributed by atoms with Crippen LogP contribution in [0.15, 0.2) is 12.1 Å². The lowest BCUT2D eigenvalue weighted by atomic mass is 10.1. The molecule has 0 radical (unpaired) electrons. The maximum atomic E-state index is 14.1. The van der Waals surface area contributed by atoms with Gasteiger partial charge in [0.05, 0.1) is 31.6 Å². The molecule has 1 aliphatic rings. The van der Waals surface area contributed by atoms with Gasteiger partial charge in [-0.3, -0.25) is 4.79 Å². The second kappa shape index (κ2) is 5.22. The summed E-state index contributed by atoms with van der Waals surface area (Å²) in [6, 6.07) is 2.85. The van der Waals surface area contributed by atoms with Crippen LogP contribution < -0.4 is 10.5 Å². The number of hydrogen-bond donors (Lipinski definition) is 1. The average molecular weight is 254 g/mol. The fourth-order valence-corrected chi connectivity index (χ4v) is 1.88. The van der Waals surface area contributed by atoms with Gasteiger partial charge in [-0.1, -0.05) is 0 Å². The Hall–Kier alpha value is -1.82. The molecule has 0 atom stereocenters. The Morgan fingerprint density at radius 2 is 2.11 bits per heavy atom. The van der Waals surface area contributed by atoms with Crippen molar-refractivity contribution in [3.05, 3.63) is 23.5 Å². The lowest BCUT2D eigenvalue weighted by molar-refractivity contribution is 0.0299. The van der Waals surface area contributed by atoms with Gasteiger partial charge in [0.15, 0.2) is 11.6 Å². The first-order valence-corrected chi connectivity index (χ1v) is 5.64. The van der Waals surface area contributed by atoms with Gasteiger partial charge in [0.2, 0.25) is 0 Å². The summed E-state index contributed by atoms with van der Waals surface area (Å²) < 4.78 is 24.1. The van der Waals surface area contributed by atoms with Crippen LogP contribution in [0.4, 0.5) is 10.1 Å². The van der Waals surface area contributed by atoms with Gasteiger partial charge in [0.1, 0.15) is 0 Å². The smallest absolute Gasteiger partial charge is 0.257 e. The minimum atomic E-state index is -0.714. The van der Waals surface area contributed by atoms with Gasteiger partial charge in [0.25, 0.3) is 5.91 Å². The normalized spacial score (nSPS) is 15.6. The first-order chi connectivity index (χ1) is 8.65. The van der Waals surface area contributed by atoms with Crippen LogP contribution in [0.5, 0.6) is 5.75 Å². The quantitative estimate of drug-likeness (QED) is 0.796. The number of amides is 1. The highest BCUT2D eigenvalue weighted by molar-refractivity contribution is 5.95. The van der Waals surface area contributed by atoms with Crippen molar-refractivity contribution in [2.75, 3.05) is 39.1 Å². The van der Waals surface area contributed by atoms with Crippen LogP contribution in [0, 0.1) is 5.82 Å². The summed E-state index contributed by atoms with van der Waals surface area (Å²) >= 11 is 0. The average Bonchev–Trinajstić information content (AvgIpc) is 2.40. The van der Waals surface area contributed by atoms with E-state index in [2.05, 4.69) is 0 Å². The number of nitrogens with zero attached hydrogens (tertiary/aromatic N) is 1. The molecule has 2 N–H and O–H groups in total. The first kappa shape index (κ1) is 12.6. The molecule has 5 nitrogen and oxygen atoms in total. The van der Waals surface area contributed by atoms with Crippen LogP contribution >= 0.6 is 0 Å². The van der Waals surface area contributed by atoms with Gasteiger partial charge in [-0.2, -0.15) is 0 Å². The number of carbonyl (C=O) groups is 1. The molecule has 0 aliphatic carbocycles. The molecule has 1 fully saturated rings. The lowest BCUT2D eigenvalue weighted by Crippen LogP contribution is -2.41. The molecule has 1 amide bonds. The van der Waals surface area contributed by atoms with Crippen molar-refractivity contribution in [1.82, 2.24) is 4.90 Å². The minimum Gasteiger partial charge on any atom is -0.492 e. The largest absolute Gasteiger partial charge is 0.492 e. The zero-order valence-corrected chi connectivity index (χ0v) is 10.1. The topological polar surface area (TPSA) is 64.8 Å². The molecule has 1 aromatic carbocycles. The van der Waals surface area contributed by atoms with Gasteiger partial charge in [-0.15, -0.1) is 0 Å². The van der Waals surface area contributed by atoms with E-state index in [4.69, 9.17) is 15.2 Å². The van der Waals surface area contributed by atoms with Crippen molar-refractivity contribution < 1.29 is 18.7 Å². The number of morpholine rings is 1. The van der Waals surface area contributed by atoms with Crippen LogP contribution in [0.25, 0.3) is 0 Å². The van der Waals surface area contributed by atoms with Gasteiger partial charge >= 0.3 is 0 Å². The van der Waals surface area contributed by atoms with E-state index in [0.717, 1.165) is 0 Å². The second-order valence-electron chi connectivity index (χ2n) is 3.95. The fourth-order valence-electron chi connectivity index (χ4n) is 1.88. The van der Waals surface area contributed by atoms with E-state index in [9.17, 15) is 9.18 Å². The van der Waals surface area contributed by atoms with E-state index < -0.39 is 5.82 Å². The summed E-state index contributed by atoms with van der Waals surface area (Å²) in [5.74, 6) is -1.17. The van der Waals surface area contributed by atoms with Crippen molar-refractivity contribution in [2.24, 2.45) is 0 Å². The Morgan fingerprint density at radius 3 is 2.72 bits per heavy atom. The predicted molar refractivity (Wildman–Crippen MR) is 64.1 cm³/mol. The first-order valence-electron chi connectivity index (χ1n) is 5.64.